The number of nitrogens with one attached hydrogen (secondary N) is 2. The molecule has 2 N–H and O–H groups in total. The fourth-order valence-electron chi connectivity index (χ4n) is 2.65. The third-order valence-corrected chi connectivity index (χ3v) is 3.81. The predicted molar refractivity (Wildman–Crippen MR) is 74.7 cm³/mol. The Hall–Kier alpha value is -1.75. The fourth-order valence-corrected chi connectivity index (χ4v) is 2.65. The molecule has 0 aliphatic carbocycles. The number of amides is 1. The van der Waals surface area contributed by atoms with Gasteiger partial charge in [0.1, 0.15) is 0 Å². The van der Waals surface area contributed by atoms with E-state index in [0.717, 1.165) is 30.0 Å². The largest absolute Gasteiger partial charge is 0.454 e. The first-order chi connectivity index (χ1) is 9.81. The molecule has 2 aliphatic heterocycles. The van der Waals surface area contributed by atoms with Crippen LogP contribution in [0.5, 0.6) is 11.5 Å². The van der Waals surface area contributed by atoms with Crippen molar-refractivity contribution in [3.05, 3.63) is 23.8 Å². The zero-order valence-corrected chi connectivity index (χ0v) is 11.5. The van der Waals surface area contributed by atoms with Crippen molar-refractivity contribution in [3.8, 4) is 11.5 Å². The van der Waals surface area contributed by atoms with Crippen molar-refractivity contribution in [2.24, 2.45) is 0 Å². The Morgan fingerprint density at radius 3 is 3.10 bits per heavy atom. The van der Waals surface area contributed by atoms with Gasteiger partial charge in [-0.1, -0.05) is 6.07 Å². The van der Waals surface area contributed by atoms with E-state index in [9.17, 15) is 4.79 Å². The first kappa shape index (κ1) is 13.2. The number of rotatable bonds is 5. The molecular formula is C15H20N2O3. The van der Waals surface area contributed by atoms with Gasteiger partial charge >= 0.3 is 0 Å². The van der Waals surface area contributed by atoms with Crippen LogP contribution in [0.3, 0.4) is 0 Å². The molecule has 3 rings (SSSR count). The zero-order valence-electron chi connectivity index (χ0n) is 11.5. The highest BCUT2D eigenvalue weighted by molar-refractivity contribution is 5.75. The van der Waals surface area contributed by atoms with Crippen LogP contribution < -0.4 is 20.1 Å². The van der Waals surface area contributed by atoms with E-state index in [1.54, 1.807) is 0 Å². The van der Waals surface area contributed by atoms with Gasteiger partial charge in [0.15, 0.2) is 11.5 Å². The van der Waals surface area contributed by atoms with Gasteiger partial charge in [0, 0.05) is 19.0 Å². The molecule has 1 aromatic rings. The van der Waals surface area contributed by atoms with E-state index >= 15 is 0 Å². The summed E-state index contributed by atoms with van der Waals surface area (Å²) < 4.78 is 10.6. The Labute approximate surface area is 118 Å². The smallest absolute Gasteiger partial charge is 0.231 e. The number of carbonyl (C=O) groups is 1. The maximum atomic E-state index is 11.8. The lowest BCUT2D eigenvalue weighted by Gasteiger charge is -2.10. The van der Waals surface area contributed by atoms with E-state index in [-0.39, 0.29) is 12.7 Å². The number of fused-ring (bicyclic) bond motifs is 1. The number of hydrogen-bond donors (Lipinski definition) is 2. The predicted octanol–water partition coefficient (Wildman–Crippen LogP) is 1.56. The van der Waals surface area contributed by atoms with Crippen LogP contribution in [0.15, 0.2) is 18.2 Å². The molecule has 20 heavy (non-hydrogen) atoms. The standard InChI is InChI=1S/C15H20N2O3/c18-15(6-4-12-2-1-7-16-12)17-9-11-3-5-13-14(8-11)20-10-19-13/h3,5,8,12,16H,1-2,4,6-7,9-10H2,(H,17,18). The number of hydrogen-bond acceptors (Lipinski definition) is 4. The molecule has 1 fully saturated rings. The van der Waals surface area contributed by atoms with Gasteiger partial charge in [0.25, 0.3) is 0 Å². The highest BCUT2D eigenvalue weighted by Gasteiger charge is 2.16. The monoisotopic (exact) mass is 276 g/mol. The van der Waals surface area contributed by atoms with Gasteiger partial charge in [-0.3, -0.25) is 4.79 Å². The van der Waals surface area contributed by atoms with Crippen molar-refractivity contribution in [3.63, 3.8) is 0 Å². The molecule has 1 atom stereocenters. The Morgan fingerprint density at radius 1 is 1.35 bits per heavy atom. The number of benzene rings is 1. The second-order valence-corrected chi connectivity index (χ2v) is 5.30. The summed E-state index contributed by atoms with van der Waals surface area (Å²) in [6.07, 6.45) is 3.92. The second-order valence-electron chi connectivity index (χ2n) is 5.30. The van der Waals surface area contributed by atoms with Gasteiger partial charge in [0.05, 0.1) is 0 Å². The second kappa shape index (κ2) is 6.13. The minimum Gasteiger partial charge on any atom is -0.454 e. The molecule has 0 aromatic heterocycles. The van der Waals surface area contributed by atoms with Gasteiger partial charge in [0.2, 0.25) is 12.7 Å². The summed E-state index contributed by atoms with van der Waals surface area (Å²) in [7, 11) is 0. The number of carbonyl (C=O) groups excluding carboxylic acids is 1. The lowest BCUT2D eigenvalue weighted by Crippen LogP contribution is -2.27. The highest BCUT2D eigenvalue weighted by Crippen LogP contribution is 2.32. The van der Waals surface area contributed by atoms with Crippen molar-refractivity contribution in [2.45, 2.75) is 38.3 Å². The molecule has 108 valence electrons. The molecule has 0 radical (unpaired) electrons. The quantitative estimate of drug-likeness (QED) is 0.857. The van der Waals surface area contributed by atoms with Gasteiger partial charge in [-0.2, -0.15) is 0 Å². The lowest BCUT2D eigenvalue weighted by molar-refractivity contribution is -0.121. The van der Waals surface area contributed by atoms with E-state index in [1.807, 2.05) is 18.2 Å². The first-order valence-corrected chi connectivity index (χ1v) is 7.20. The molecule has 2 aliphatic rings. The minimum absolute atomic E-state index is 0.108. The van der Waals surface area contributed by atoms with Gasteiger partial charge in [-0.05, 0) is 43.5 Å². The van der Waals surface area contributed by atoms with Crippen molar-refractivity contribution in [1.29, 1.82) is 0 Å². The topological polar surface area (TPSA) is 59.6 Å². The van der Waals surface area contributed by atoms with Crippen molar-refractivity contribution >= 4 is 5.91 Å². The highest BCUT2D eigenvalue weighted by atomic mass is 16.7. The van der Waals surface area contributed by atoms with E-state index in [4.69, 9.17) is 9.47 Å². The molecule has 0 saturated carbocycles. The van der Waals surface area contributed by atoms with Crippen molar-refractivity contribution in [2.75, 3.05) is 13.3 Å². The normalized spacial score (nSPS) is 20.1. The molecule has 1 aromatic carbocycles. The lowest BCUT2D eigenvalue weighted by atomic mass is 10.1. The van der Waals surface area contributed by atoms with E-state index in [2.05, 4.69) is 10.6 Å². The van der Waals surface area contributed by atoms with E-state index < -0.39 is 0 Å². The maximum absolute atomic E-state index is 11.8. The molecule has 2 heterocycles. The summed E-state index contributed by atoms with van der Waals surface area (Å²) >= 11 is 0. The van der Waals surface area contributed by atoms with Crippen LogP contribution in [0.25, 0.3) is 0 Å². The Bertz CT molecular complexity index is 484. The molecular weight excluding hydrogens is 256 g/mol. The first-order valence-electron chi connectivity index (χ1n) is 7.20. The molecule has 1 amide bonds. The Morgan fingerprint density at radius 2 is 2.25 bits per heavy atom. The molecule has 5 nitrogen and oxygen atoms in total. The summed E-state index contributed by atoms with van der Waals surface area (Å²) in [5, 5.41) is 6.35. The van der Waals surface area contributed by atoms with Crippen LogP contribution >= 0.6 is 0 Å². The van der Waals surface area contributed by atoms with Gasteiger partial charge in [-0.25, -0.2) is 0 Å². The van der Waals surface area contributed by atoms with Crippen LogP contribution in [0.4, 0.5) is 0 Å². The van der Waals surface area contributed by atoms with Gasteiger partial charge in [-0.15, -0.1) is 0 Å². The average Bonchev–Trinajstić information content (AvgIpc) is 3.13. The molecule has 5 heteroatoms. The van der Waals surface area contributed by atoms with Crippen LogP contribution in [0.2, 0.25) is 0 Å². The summed E-state index contributed by atoms with van der Waals surface area (Å²) in [6.45, 7) is 1.90. The van der Waals surface area contributed by atoms with Crippen molar-refractivity contribution < 1.29 is 14.3 Å². The minimum atomic E-state index is 0.108. The van der Waals surface area contributed by atoms with E-state index in [1.165, 1.54) is 12.8 Å². The van der Waals surface area contributed by atoms with Crippen LogP contribution in [-0.2, 0) is 11.3 Å². The van der Waals surface area contributed by atoms with Crippen LogP contribution in [0, 0.1) is 0 Å². The number of ether oxygens (including phenoxy) is 2. The SMILES string of the molecule is O=C(CCC1CCCN1)NCc1ccc2c(c1)OCO2. The summed E-state index contributed by atoms with van der Waals surface area (Å²) in [6, 6.07) is 6.27. The maximum Gasteiger partial charge on any atom is 0.231 e. The zero-order chi connectivity index (χ0) is 13.8. The summed E-state index contributed by atoms with van der Waals surface area (Å²) in [5.41, 5.74) is 1.03. The van der Waals surface area contributed by atoms with Crippen molar-refractivity contribution in [1.82, 2.24) is 10.6 Å². The van der Waals surface area contributed by atoms with Gasteiger partial charge < -0.3 is 20.1 Å². The average molecular weight is 276 g/mol. The third-order valence-electron chi connectivity index (χ3n) is 3.81. The molecule has 1 unspecified atom stereocenters. The summed E-state index contributed by atoms with van der Waals surface area (Å²) in [4.78, 5) is 11.8. The molecule has 0 spiro atoms. The van der Waals surface area contributed by atoms with E-state index in [0.29, 0.717) is 19.0 Å². The molecule has 0 bridgehead atoms. The summed E-state index contributed by atoms with van der Waals surface area (Å²) in [5.74, 6) is 1.63. The van der Waals surface area contributed by atoms with Crippen LogP contribution in [-0.4, -0.2) is 25.3 Å². The Kier molecular flexibility index (Phi) is 4.06. The fraction of sp³-hybridized carbons (Fsp3) is 0.533. The molecule has 1 saturated heterocycles. The van der Waals surface area contributed by atoms with Crippen LogP contribution in [0.1, 0.15) is 31.2 Å². The Balaban J connectivity index is 1.43. The third kappa shape index (κ3) is 3.22.